The van der Waals surface area contributed by atoms with E-state index in [0.29, 0.717) is 18.9 Å². The third-order valence-corrected chi connectivity index (χ3v) is 5.58. The highest BCUT2D eigenvalue weighted by Gasteiger charge is 2.34. The number of halogens is 1. The van der Waals surface area contributed by atoms with Gasteiger partial charge in [-0.05, 0) is 60.3 Å². The third kappa shape index (κ3) is 4.24. The molecular formula is C21H18BrN3O3S. The molecule has 0 aromatic heterocycles. The van der Waals surface area contributed by atoms with Crippen LogP contribution in [0.2, 0.25) is 0 Å². The van der Waals surface area contributed by atoms with Gasteiger partial charge in [-0.15, -0.1) is 0 Å². The monoisotopic (exact) mass is 471 g/mol. The van der Waals surface area contributed by atoms with Crippen LogP contribution in [-0.2, 0) is 14.3 Å². The Bertz CT molecular complexity index is 983. The molecule has 0 spiro atoms. The van der Waals surface area contributed by atoms with Crippen LogP contribution < -0.4 is 15.1 Å². The minimum Gasteiger partial charge on any atom is -0.378 e. The summed E-state index contributed by atoms with van der Waals surface area (Å²) < 4.78 is 6.27. The molecule has 0 unspecified atom stereocenters. The van der Waals surface area contributed by atoms with Crippen molar-refractivity contribution in [2.75, 3.05) is 36.1 Å². The van der Waals surface area contributed by atoms with Crippen LogP contribution in [0.4, 0.5) is 11.4 Å². The minimum absolute atomic E-state index is 0.0423. The third-order valence-electron chi connectivity index (χ3n) is 4.77. The molecule has 2 amide bonds. The quantitative estimate of drug-likeness (QED) is 0.423. The van der Waals surface area contributed by atoms with Gasteiger partial charge in [0.05, 0.1) is 18.9 Å². The molecule has 0 saturated carbocycles. The first-order chi connectivity index (χ1) is 14.0. The van der Waals surface area contributed by atoms with Crippen molar-refractivity contribution in [2.24, 2.45) is 0 Å². The van der Waals surface area contributed by atoms with Gasteiger partial charge in [-0.25, -0.2) is 0 Å². The lowest BCUT2D eigenvalue weighted by molar-refractivity contribution is -0.122. The molecule has 2 saturated heterocycles. The maximum Gasteiger partial charge on any atom is 0.270 e. The van der Waals surface area contributed by atoms with E-state index in [2.05, 4.69) is 26.1 Å². The van der Waals surface area contributed by atoms with Crippen molar-refractivity contribution in [3.63, 3.8) is 0 Å². The van der Waals surface area contributed by atoms with E-state index in [1.807, 2.05) is 36.4 Å². The highest BCUT2D eigenvalue weighted by Crippen LogP contribution is 2.24. The lowest BCUT2D eigenvalue weighted by atomic mass is 10.1. The number of benzene rings is 2. The number of ether oxygens (including phenoxy) is 1. The van der Waals surface area contributed by atoms with Gasteiger partial charge in [0, 0.05) is 23.2 Å². The van der Waals surface area contributed by atoms with Crippen molar-refractivity contribution in [1.82, 2.24) is 5.32 Å². The Hall–Kier alpha value is -2.55. The van der Waals surface area contributed by atoms with E-state index in [1.54, 1.807) is 18.2 Å². The zero-order chi connectivity index (χ0) is 20.4. The van der Waals surface area contributed by atoms with Gasteiger partial charge in [0.1, 0.15) is 5.57 Å². The Morgan fingerprint density at radius 3 is 2.24 bits per heavy atom. The number of hydrogen-bond donors (Lipinski definition) is 1. The molecule has 2 aromatic carbocycles. The standard InChI is InChI=1S/C21H18BrN3O3S/c22-15-3-7-17(8-4-15)25-20(27)18(19(26)23-21(25)29)13-14-1-5-16(6-2-14)24-9-11-28-12-10-24/h1-8,13H,9-12H2,(H,23,26,29). The smallest absolute Gasteiger partial charge is 0.270 e. The Labute approximate surface area is 182 Å². The summed E-state index contributed by atoms with van der Waals surface area (Å²) in [4.78, 5) is 29.0. The highest BCUT2D eigenvalue weighted by molar-refractivity contribution is 9.10. The first kappa shape index (κ1) is 19.8. The minimum atomic E-state index is -0.495. The SMILES string of the molecule is O=C1NC(=S)N(c2ccc(Br)cc2)C(=O)C1=Cc1ccc(N2CCOCC2)cc1. The van der Waals surface area contributed by atoms with Crippen molar-refractivity contribution in [1.29, 1.82) is 0 Å². The molecule has 2 aliphatic rings. The Balaban J connectivity index is 1.59. The number of carbonyl (C=O) groups excluding carboxylic acids is 2. The number of rotatable bonds is 3. The predicted molar refractivity (Wildman–Crippen MR) is 120 cm³/mol. The lowest BCUT2D eigenvalue weighted by Crippen LogP contribution is -2.54. The number of anilines is 2. The summed E-state index contributed by atoms with van der Waals surface area (Å²) in [5.74, 6) is -0.941. The maximum absolute atomic E-state index is 13.0. The van der Waals surface area contributed by atoms with E-state index >= 15 is 0 Å². The van der Waals surface area contributed by atoms with Crippen LogP contribution in [0.5, 0.6) is 0 Å². The average Bonchev–Trinajstić information content (AvgIpc) is 2.73. The van der Waals surface area contributed by atoms with Crippen LogP contribution in [0.1, 0.15) is 5.56 Å². The van der Waals surface area contributed by atoms with Crippen LogP contribution in [0.3, 0.4) is 0 Å². The summed E-state index contributed by atoms with van der Waals surface area (Å²) in [6.45, 7) is 3.13. The van der Waals surface area contributed by atoms with Gasteiger partial charge >= 0.3 is 0 Å². The van der Waals surface area contributed by atoms with Crippen molar-refractivity contribution in [2.45, 2.75) is 0 Å². The van der Waals surface area contributed by atoms with Gasteiger partial charge in [-0.3, -0.25) is 19.8 Å². The van der Waals surface area contributed by atoms with Crippen molar-refractivity contribution >= 4 is 62.5 Å². The molecule has 2 aromatic rings. The molecule has 0 aliphatic carbocycles. The zero-order valence-corrected chi connectivity index (χ0v) is 17.8. The number of nitrogens with one attached hydrogen (secondary N) is 1. The molecular weight excluding hydrogens is 454 g/mol. The van der Waals surface area contributed by atoms with Crippen molar-refractivity contribution in [3.05, 3.63) is 64.1 Å². The zero-order valence-electron chi connectivity index (χ0n) is 15.4. The molecule has 0 radical (unpaired) electrons. The van der Waals surface area contributed by atoms with Crippen LogP contribution >= 0.6 is 28.1 Å². The second-order valence-corrected chi connectivity index (χ2v) is 7.93. The molecule has 0 atom stereocenters. The first-order valence-corrected chi connectivity index (χ1v) is 10.3. The van der Waals surface area contributed by atoms with E-state index in [-0.39, 0.29) is 10.7 Å². The Kier molecular flexibility index (Phi) is 5.75. The number of nitrogens with zero attached hydrogens (tertiary/aromatic N) is 2. The van der Waals surface area contributed by atoms with Gasteiger partial charge in [0.25, 0.3) is 11.8 Å². The van der Waals surface area contributed by atoms with E-state index in [1.165, 1.54) is 4.90 Å². The fourth-order valence-corrected chi connectivity index (χ4v) is 3.80. The topological polar surface area (TPSA) is 61.9 Å². The summed E-state index contributed by atoms with van der Waals surface area (Å²) in [5, 5.41) is 2.67. The predicted octanol–water partition coefficient (Wildman–Crippen LogP) is 3.12. The van der Waals surface area contributed by atoms with Gasteiger partial charge in [0.15, 0.2) is 5.11 Å². The second kappa shape index (κ2) is 8.44. The van der Waals surface area contributed by atoms with Gasteiger partial charge in [0.2, 0.25) is 0 Å². The largest absolute Gasteiger partial charge is 0.378 e. The van der Waals surface area contributed by atoms with E-state index in [4.69, 9.17) is 17.0 Å². The molecule has 6 nitrogen and oxygen atoms in total. The second-order valence-electron chi connectivity index (χ2n) is 6.63. The van der Waals surface area contributed by atoms with Gasteiger partial charge in [-0.2, -0.15) is 0 Å². The maximum atomic E-state index is 13.0. The summed E-state index contributed by atoms with van der Waals surface area (Å²) in [7, 11) is 0. The summed E-state index contributed by atoms with van der Waals surface area (Å²) in [6, 6.07) is 14.9. The van der Waals surface area contributed by atoms with E-state index in [0.717, 1.165) is 28.8 Å². The van der Waals surface area contributed by atoms with E-state index < -0.39 is 11.8 Å². The van der Waals surface area contributed by atoms with E-state index in [9.17, 15) is 9.59 Å². The molecule has 2 fully saturated rings. The number of thiocarbonyl (C=S) groups is 1. The molecule has 0 bridgehead atoms. The highest BCUT2D eigenvalue weighted by atomic mass is 79.9. The van der Waals surface area contributed by atoms with Crippen LogP contribution in [0.15, 0.2) is 58.6 Å². The number of morpholine rings is 1. The van der Waals surface area contributed by atoms with Crippen LogP contribution in [0, 0.1) is 0 Å². The van der Waals surface area contributed by atoms with Gasteiger partial charge < -0.3 is 9.64 Å². The average molecular weight is 472 g/mol. The van der Waals surface area contributed by atoms with Crippen LogP contribution in [-0.4, -0.2) is 43.2 Å². The fraction of sp³-hybridized carbons (Fsp3) is 0.190. The molecule has 4 rings (SSSR count). The molecule has 2 heterocycles. The Morgan fingerprint density at radius 2 is 1.59 bits per heavy atom. The number of hydrogen-bond acceptors (Lipinski definition) is 5. The van der Waals surface area contributed by atoms with Crippen LogP contribution in [0.25, 0.3) is 6.08 Å². The first-order valence-electron chi connectivity index (χ1n) is 9.13. The molecule has 148 valence electrons. The lowest BCUT2D eigenvalue weighted by Gasteiger charge is -2.29. The molecule has 29 heavy (non-hydrogen) atoms. The normalized spacial score (nSPS) is 18.9. The van der Waals surface area contributed by atoms with Gasteiger partial charge in [-0.1, -0.05) is 28.1 Å². The molecule has 2 aliphatic heterocycles. The molecule has 8 heteroatoms. The number of carbonyl (C=O) groups is 2. The van der Waals surface area contributed by atoms with Crippen molar-refractivity contribution < 1.29 is 14.3 Å². The molecule has 1 N–H and O–H groups in total. The number of amides is 2. The Morgan fingerprint density at radius 1 is 0.966 bits per heavy atom. The summed E-state index contributed by atoms with van der Waals surface area (Å²) >= 11 is 8.59. The summed E-state index contributed by atoms with van der Waals surface area (Å²) in [5.41, 5.74) is 2.49. The fourth-order valence-electron chi connectivity index (χ4n) is 3.25. The summed E-state index contributed by atoms with van der Waals surface area (Å²) in [6.07, 6.45) is 1.59. The van der Waals surface area contributed by atoms with Crippen molar-refractivity contribution in [3.8, 4) is 0 Å².